The summed E-state index contributed by atoms with van der Waals surface area (Å²) in [6, 6.07) is 0. The lowest BCUT2D eigenvalue weighted by Gasteiger charge is -2.61. The van der Waals surface area contributed by atoms with Crippen molar-refractivity contribution < 1.29 is 15.3 Å². The Bertz CT molecular complexity index is 804. The molecule has 13 atom stereocenters. The van der Waals surface area contributed by atoms with E-state index in [0.29, 0.717) is 29.6 Å². The van der Waals surface area contributed by atoms with Crippen LogP contribution in [0.25, 0.3) is 0 Å². The summed E-state index contributed by atoms with van der Waals surface area (Å²) in [5, 5.41) is 33.4. The molecule has 0 spiro atoms. The second-order valence-corrected chi connectivity index (χ2v) is 14.4. The molecule has 4 fully saturated rings. The number of hydrogen-bond donors (Lipinski definition) is 3. The molecule has 0 aromatic heterocycles. The van der Waals surface area contributed by atoms with Gasteiger partial charge in [0, 0.05) is 0 Å². The van der Waals surface area contributed by atoms with Crippen LogP contribution in [0.2, 0.25) is 0 Å². The van der Waals surface area contributed by atoms with E-state index in [1.165, 1.54) is 24.8 Å². The van der Waals surface area contributed by atoms with Crippen molar-refractivity contribution in [3.8, 4) is 0 Å². The Hall–Kier alpha value is -0.380. The molecule has 0 amide bonds. The van der Waals surface area contributed by atoms with Gasteiger partial charge < -0.3 is 15.3 Å². The van der Waals surface area contributed by atoms with Crippen LogP contribution in [0.1, 0.15) is 93.4 Å². The fraction of sp³-hybridized carbons (Fsp3) is 0.933. The molecule has 13 unspecified atom stereocenters. The molecule has 0 aliphatic heterocycles. The van der Waals surface area contributed by atoms with E-state index < -0.39 is 6.10 Å². The smallest absolute Gasteiger partial charge is 0.0758 e. The van der Waals surface area contributed by atoms with Gasteiger partial charge in [-0.3, -0.25) is 0 Å². The molecule has 3 nitrogen and oxygen atoms in total. The predicted octanol–water partition coefficient (Wildman–Crippen LogP) is 5.82. The highest BCUT2D eigenvalue weighted by atomic mass is 16.3. The SMILES string of the molecule is CC(C)C(C)C1(C)CC1C(C)C1CCC2C3C(O)C=C4CC(O)CCC4(C)C3C(O)CC12C. The molecule has 3 heteroatoms. The molecule has 5 aliphatic rings. The summed E-state index contributed by atoms with van der Waals surface area (Å²) in [7, 11) is 0. The lowest BCUT2D eigenvalue weighted by molar-refractivity contribution is -0.156. The Kier molecular flexibility index (Phi) is 5.75. The lowest BCUT2D eigenvalue weighted by atomic mass is 9.45. The van der Waals surface area contributed by atoms with Crippen molar-refractivity contribution in [2.75, 3.05) is 0 Å². The summed E-state index contributed by atoms with van der Waals surface area (Å²) < 4.78 is 0. The van der Waals surface area contributed by atoms with Crippen molar-refractivity contribution in [3.63, 3.8) is 0 Å². The summed E-state index contributed by atoms with van der Waals surface area (Å²) in [4.78, 5) is 0. The molecule has 5 rings (SSSR count). The Balaban J connectivity index is 1.42. The minimum atomic E-state index is -0.483. The highest BCUT2D eigenvalue weighted by Gasteiger charge is 2.66. The largest absolute Gasteiger partial charge is 0.393 e. The van der Waals surface area contributed by atoms with Gasteiger partial charge in [0.15, 0.2) is 0 Å². The third-order valence-corrected chi connectivity index (χ3v) is 12.8. The van der Waals surface area contributed by atoms with Crippen LogP contribution in [0.15, 0.2) is 11.6 Å². The summed E-state index contributed by atoms with van der Waals surface area (Å²) >= 11 is 0. The fourth-order valence-electron chi connectivity index (χ4n) is 10.4. The molecule has 0 saturated heterocycles. The van der Waals surface area contributed by atoms with Gasteiger partial charge in [-0.2, -0.15) is 0 Å². The highest BCUT2D eigenvalue weighted by Crippen LogP contribution is 2.71. The molecular weight excluding hydrogens is 408 g/mol. The van der Waals surface area contributed by atoms with Crippen LogP contribution in [0.4, 0.5) is 0 Å². The van der Waals surface area contributed by atoms with Gasteiger partial charge >= 0.3 is 0 Å². The number of fused-ring (bicyclic) bond motifs is 5. The van der Waals surface area contributed by atoms with Crippen LogP contribution < -0.4 is 0 Å². The standard InChI is InChI=1S/C30H50O3/c1-16(2)18(4)29(6)14-23(29)17(3)21-8-9-22-26-24(32)13-19-12-20(31)10-11-28(19,5)27(26)25(33)15-30(21,22)7/h13,16-18,20-27,31-33H,8-12,14-15H2,1-7H3. The molecule has 33 heavy (non-hydrogen) atoms. The Labute approximate surface area is 202 Å². The van der Waals surface area contributed by atoms with Gasteiger partial charge in [-0.25, -0.2) is 0 Å². The van der Waals surface area contributed by atoms with Gasteiger partial charge in [-0.1, -0.05) is 60.1 Å². The van der Waals surface area contributed by atoms with E-state index in [2.05, 4.69) is 54.5 Å². The second-order valence-electron chi connectivity index (χ2n) is 14.4. The summed E-state index contributed by atoms with van der Waals surface area (Å²) in [5.74, 6) is 4.36. The minimum Gasteiger partial charge on any atom is -0.393 e. The first-order chi connectivity index (χ1) is 15.3. The lowest BCUT2D eigenvalue weighted by Crippen LogP contribution is -2.60. The Morgan fingerprint density at radius 1 is 0.909 bits per heavy atom. The Morgan fingerprint density at radius 2 is 1.61 bits per heavy atom. The van der Waals surface area contributed by atoms with Gasteiger partial charge in [0.2, 0.25) is 0 Å². The summed E-state index contributed by atoms with van der Waals surface area (Å²) in [5.41, 5.74) is 1.71. The maximum absolute atomic E-state index is 11.7. The molecule has 0 radical (unpaired) electrons. The van der Waals surface area contributed by atoms with Crippen LogP contribution in [0.5, 0.6) is 0 Å². The Morgan fingerprint density at radius 3 is 2.27 bits per heavy atom. The first-order valence-electron chi connectivity index (χ1n) is 14.1. The molecule has 0 aromatic rings. The number of aliphatic hydroxyl groups is 3. The summed E-state index contributed by atoms with van der Waals surface area (Å²) in [6.45, 7) is 17.0. The molecule has 0 bridgehead atoms. The quantitative estimate of drug-likeness (QED) is 0.465. The van der Waals surface area contributed by atoms with Crippen molar-refractivity contribution >= 4 is 0 Å². The van der Waals surface area contributed by atoms with E-state index in [0.717, 1.165) is 37.0 Å². The fourth-order valence-corrected chi connectivity index (χ4v) is 10.4. The number of aliphatic hydroxyl groups excluding tert-OH is 3. The van der Waals surface area contributed by atoms with E-state index in [4.69, 9.17) is 0 Å². The van der Waals surface area contributed by atoms with Crippen molar-refractivity contribution in [2.45, 2.75) is 112 Å². The molecule has 0 heterocycles. The number of hydrogen-bond acceptors (Lipinski definition) is 3. The van der Waals surface area contributed by atoms with Gasteiger partial charge in [0.05, 0.1) is 18.3 Å². The normalized spacial score (nSPS) is 55.3. The van der Waals surface area contributed by atoms with E-state index in [1.807, 2.05) is 0 Å². The monoisotopic (exact) mass is 458 g/mol. The molecule has 4 saturated carbocycles. The molecule has 0 aromatic carbocycles. The summed E-state index contributed by atoms with van der Waals surface area (Å²) in [6.07, 6.45) is 8.06. The molecular formula is C30H50O3. The molecule has 3 N–H and O–H groups in total. The van der Waals surface area contributed by atoms with E-state index in [-0.39, 0.29) is 34.9 Å². The zero-order valence-corrected chi connectivity index (χ0v) is 22.2. The predicted molar refractivity (Wildman–Crippen MR) is 133 cm³/mol. The van der Waals surface area contributed by atoms with Crippen molar-refractivity contribution in [1.29, 1.82) is 0 Å². The third kappa shape index (κ3) is 3.38. The van der Waals surface area contributed by atoms with Gasteiger partial charge in [0.1, 0.15) is 0 Å². The van der Waals surface area contributed by atoms with Gasteiger partial charge in [0.25, 0.3) is 0 Å². The topological polar surface area (TPSA) is 60.7 Å². The van der Waals surface area contributed by atoms with E-state index >= 15 is 0 Å². The maximum Gasteiger partial charge on any atom is 0.0758 e. The zero-order chi connectivity index (χ0) is 24.1. The minimum absolute atomic E-state index is 0.0741. The highest BCUT2D eigenvalue weighted by molar-refractivity contribution is 5.29. The van der Waals surface area contributed by atoms with Crippen LogP contribution in [0.3, 0.4) is 0 Å². The average molecular weight is 459 g/mol. The first kappa shape index (κ1) is 24.3. The third-order valence-electron chi connectivity index (χ3n) is 12.8. The first-order valence-corrected chi connectivity index (χ1v) is 14.1. The second kappa shape index (κ2) is 7.81. The van der Waals surface area contributed by atoms with Crippen LogP contribution >= 0.6 is 0 Å². The van der Waals surface area contributed by atoms with Crippen LogP contribution in [-0.2, 0) is 0 Å². The van der Waals surface area contributed by atoms with Crippen molar-refractivity contribution in [1.82, 2.24) is 0 Å². The maximum atomic E-state index is 11.7. The molecule has 5 aliphatic carbocycles. The van der Waals surface area contributed by atoms with Crippen molar-refractivity contribution in [3.05, 3.63) is 11.6 Å². The average Bonchev–Trinajstić information content (AvgIpc) is 3.31. The van der Waals surface area contributed by atoms with Gasteiger partial charge in [-0.05, 0) is 109 Å². The zero-order valence-electron chi connectivity index (χ0n) is 22.2. The van der Waals surface area contributed by atoms with E-state index in [1.54, 1.807) is 0 Å². The molecule has 188 valence electrons. The number of rotatable bonds is 4. The van der Waals surface area contributed by atoms with Crippen LogP contribution in [-0.4, -0.2) is 33.6 Å². The van der Waals surface area contributed by atoms with Crippen LogP contribution in [0, 0.1) is 63.6 Å². The van der Waals surface area contributed by atoms with E-state index in [9.17, 15) is 15.3 Å². The van der Waals surface area contributed by atoms with Gasteiger partial charge in [-0.15, -0.1) is 0 Å². The van der Waals surface area contributed by atoms with Crippen molar-refractivity contribution in [2.24, 2.45) is 63.6 Å².